The van der Waals surface area contributed by atoms with E-state index in [1.807, 2.05) is 0 Å². The van der Waals surface area contributed by atoms with Crippen molar-refractivity contribution >= 4 is 29.3 Å². The third-order valence-electron chi connectivity index (χ3n) is 4.16. The maximum absolute atomic E-state index is 13.1. The first-order valence-electron chi connectivity index (χ1n) is 7.24. The highest BCUT2D eigenvalue weighted by atomic mass is 35.5. The fraction of sp³-hybridized carbons (Fsp3) is 0.500. The third kappa shape index (κ3) is 3.74. The summed E-state index contributed by atoms with van der Waals surface area (Å²) >= 11 is 7.03. The van der Waals surface area contributed by atoms with Crippen LogP contribution in [0.1, 0.15) is 32.1 Å². The molecular formula is C16H18ClFN2OS. The Balaban J connectivity index is 1.99. The van der Waals surface area contributed by atoms with Gasteiger partial charge in [-0.1, -0.05) is 30.9 Å². The number of halogens is 2. The minimum Gasteiger partial charge on any atom is -0.326 e. The molecular weight excluding hydrogens is 323 g/mol. The molecule has 0 aliphatic heterocycles. The zero-order valence-electron chi connectivity index (χ0n) is 12.4. The van der Waals surface area contributed by atoms with E-state index >= 15 is 0 Å². The molecule has 0 spiro atoms. The van der Waals surface area contributed by atoms with Gasteiger partial charge in [0.05, 0.1) is 16.8 Å². The van der Waals surface area contributed by atoms with Crippen molar-refractivity contribution in [2.45, 2.75) is 42.5 Å². The molecule has 1 aromatic rings. The van der Waals surface area contributed by atoms with Crippen LogP contribution < -0.4 is 0 Å². The number of thioether (sulfide) groups is 1. The first kappa shape index (κ1) is 17.1. The van der Waals surface area contributed by atoms with Crippen LogP contribution in [0.2, 0.25) is 5.02 Å². The number of carbonyl (C=O) groups excluding carboxylic acids is 1. The van der Waals surface area contributed by atoms with Crippen molar-refractivity contribution < 1.29 is 9.18 Å². The minimum absolute atomic E-state index is 0.0478. The average Bonchev–Trinajstić information content (AvgIpc) is 2.55. The molecule has 0 saturated heterocycles. The van der Waals surface area contributed by atoms with Crippen LogP contribution in [0.3, 0.4) is 0 Å². The summed E-state index contributed by atoms with van der Waals surface area (Å²) in [6.07, 6.45) is 4.55. The third-order valence-corrected chi connectivity index (χ3v) is 5.43. The molecule has 1 amide bonds. The topological polar surface area (TPSA) is 44.1 Å². The Hall–Kier alpha value is -1.25. The number of benzene rings is 1. The van der Waals surface area contributed by atoms with E-state index in [4.69, 9.17) is 11.6 Å². The Kier molecular flexibility index (Phi) is 5.71. The van der Waals surface area contributed by atoms with Crippen molar-refractivity contribution in [1.82, 2.24) is 4.90 Å². The van der Waals surface area contributed by atoms with E-state index in [0.717, 1.165) is 37.0 Å². The summed E-state index contributed by atoms with van der Waals surface area (Å²) in [4.78, 5) is 14.7. The highest BCUT2D eigenvalue weighted by Gasteiger charge is 2.38. The molecule has 1 aliphatic rings. The molecule has 1 saturated carbocycles. The van der Waals surface area contributed by atoms with Crippen LogP contribution in [0, 0.1) is 17.1 Å². The number of amides is 1. The Morgan fingerprint density at radius 2 is 2.14 bits per heavy atom. The van der Waals surface area contributed by atoms with Gasteiger partial charge in [0.1, 0.15) is 11.4 Å². The molecule has 0 radical (unpaired) electrons. The van der Waals surface area contributed by atoms with Crippen LogP contribution in [-0.2, 0) is 4.79 Å². The number of nitriles is 1. The van der Waals surface area contributed by atoms with Gasteiger partial charge >= 0.3 is 0 Å². The second-order valence-electron chi connectivity index (χ2n) is 5.52. The molecule has 0 atom stereocenters. The highest BCUT2D eigenvalue weighted by molar-refractivity contribution is 8.00. The summed E-state index contributed by atoms with van der Waals surface area (Å²) < 4.78 is 13.1. The van der Waals surface area contributed by atoms with E-state index in [2.05, 4.69) is 6.07 Å². The van der Waals surface area contributed by atoms with Crippen molar-refractivity contribution in [3.63, 3.8) is 0 Å². The lowest BCUT2D eigenvalue weighted by atomic mass is 9.81. The van der Waals surface area contributed by atoms with Gasteiger partial charge in [-0.25, -0.2) is 4.39 Å². The fourth-order valence-corrected chi connectivity index (χ4v) is 3.80. The quantitative estimate of drug-likeness (QED) is 0.769. The lowest BCUT2D eigenvalue weighted by Gasteiger charge is -2.39. The van der Waals surface area contributed by atoms with Gasteiger partial charge in [0.25, 0.3) is 0 Å². The predicted molar refractivity (Wildman–Crippen MR) is 86.3 cm³/mol. The number of nitrogens with zero attached hydrogens (tertiary/aromatic N) is 2. The zero-order chi connectivity index (χ0) is 16.2. The minimum atomic E-state index is -0.670. The highest BCUT2D eigenvalue weighted by Crippen LogP contribution is 2.33. The second kappa shape index (κ2) is 7.34. The summed E-state index contributed by atoms with van der Waals surface area (Å²) in [5.41, 5.74) is -0.670. The smallest absolute Gasteiger partial charge is 0.233 e. The van der Waals surface area contributed by atoms with Gasteiger partial charge < -0.3 is 4.90 Å². The van der Waals surface area contributed by atoms with Gasteiger partial charge in [-0.15, -0.1) is 11.8 Å². The summed E-state index contributed by atoms with van der Waals surface area (Å²) in [7, 11) is 1.70. The normalized spacial score (nSPS) is 16.8. The van der Waals surface area contributed by atoms with E-state index < -0.39 is 11.4 Å². The Labute approximate surface area is 139 Å². The second-order valence-corrected chi connectivity index (χ2v) is 6.98. The molecule has 1 aromatic carbocycles. The van der Waals surface area contributed by atoms with Crippen molar-refractivity contribution in [1.29, 1.82) is 5.26 Å². The monoisotopic (exact) mass is 340 g/mol. The molecule has 6 heteroatoms. The van der Waals surface area contributed by atoms with Crippen LogP contribution in [0.4, 0.5) is 4.39 Å². The number of hydrogen-bond donors (Lipinski definition) is 0. The summed E-state index contributed by atoms with van der Waals surface area (Å²) in [5, 5.41) is 9.55. The summed E-state index contributed by atoms with van der Waals surface area (Å²) in [6.45, 7) is 0. The molecule has 22 heavy (non-hydrogen) atoms. The van der Waals surface area contributed by atoms with Gasteiger partial charge in [-0.3, -0.25) is 4.79 Å². The van der Waals surface area contributed by atoms with Crippen LogP contribution in [0.25, 0.3) is 0 Å². The summed E-state index contributed by atoms with van der Waals surface area (Å²) in [5.74, 6) is -0.351. The first-order chi connectivity index (χ1) is 10.5. The molecule has 0 aromatic heterocycles. The Morgan fingerprint density at radius 3 is 2.73 bits per heavy atom. The predicted octanol–water partition coefficient (Wildman–Crippen LogP) is 4.26. The Bertz CT molecular complexity index is 596. The first-order valence-corrected chi connectivity index (χ1v) is 8.61. The van der Waals surface area contributed by atoms with E-state index in [9.17, 15) is 14.4 Å². The van der Waals surface area contributed by atoms with Gasteiger partial charge in [0.2, 0.25) is 5.91 Å². The van der Waals surface area contributed by atoms with Crippen LogP contribution >= 0.6 is 23.4 Å². The van der Waals surface area contributed by atoms with E-state index in [1.54, 1.807) is 18.0 Å². The zero-order valence-corrected chi connectivity index (χ0v) is 14.0. The van der Waals surface area contributed by atoms with E-state index in [-0.39, 0.29) is 16.7 Å². The molecule has 1 aliphatic carbocycles. The average molecular weight is 341 g/mol. The van der Waals surface area contributed by atoms with Crippen molar-refractivity contribution in [2.24, 2.45) is 0 Å². The van der Waals surface area contributed by atoms with Gasteiger partial charge in [0, 0.05) is 11.9 Å². The number of carbonyl (C=O) groups is 1. The summed E-state index contributed by atoms with van der Waals surface area (Å²) in [6, 6.07) is 6.73. The van der Waals surface area contributed by atoms with E-state index in [0.29, 0.717) is 0 Å². The molecule has 2 rings (SSSR count). The van der Waals surface area contributed by atoms with E-state index in [1.165, 1.54) is 23.9 Å². The van der Waals surface area contributed by atoms with Gasteiger partial charge in [-0.2, -0.15) is 5.26 Å². The molecule has 1 fully saturated rings. The SMILES string of the molecule is CN(C(=O)CSc1ccc(F)c(Cl)c1)C1(C#N)CCCCC1. The Morgan fingerprint density at radius 1 is 1.45 bits per heavy atom. The standard InChI is InChI=1S/C16H18ClFN2OS/c1-20(16(11-19)7-3-2-4-8-16)15(21)10-22-12-5-6-14(18)13(17)9-12/h5-6,9H,2-4,7-8,10H2,1H3. The van der Waals surface area contributed by atoms with Gasteiger partial charge in [0.15, 0.2) is 0 Å². The molecule has 3 nitrogen and oxygen atoms in total. The van der Waals surface area contributed by atoms with Crippen molar-refractivity contribution in [3.8, 4) is 6.07 Å². The van der Waals surface area contributed by atoms with Crippen molar-refractivity contribution in [3.05, 3.63) is 29.0 Å². The molecule has 0 bridgehead atoms. The van der Waals surface area contributed by atoms with Crippen LogP contribution in [-0.4, -0.2) is 29.1 Å². The molecule has 118 valence electrons. The lowest BCUT2D eigenvalue weighted by Crippen LogP contribution is -2.50. The fourth-order valence-electron chi connectivity index (χ4n) is 2.71. The van der Waals surface area contributed by atoms with Crippen LogP contribution in [0.15, 0.2) is 23.1 Å². The van der Waals surface area contributed by atoms with Crippen molar-refractivity contribution in [2.75, 3.05) is 12.8 Å². The van der Waals surface area contributed by atoms with Gasteiger partial charge in [-0.05, 0) is 31.0 Å². The van der Waals surface area contributed by atoms with Crippen LogP contribution in [0.5, 0.6) is 0 Å². The largest absolute Gasteiger partial charge is 0.326 e. The molecule has 0 heterocycles. The molecule has 0 N–H and O–H groups in total. The maximum Gasteiger partial charge on any atom is 0.233 e. The lowest BCUT2D eigenvalue weighted by molar-refractivity contribution is -0.131. The number of hydrogen-bond acceptors (Lipinski definition) is 3. The molecule has 0 unspecified atom stereocenters. The number of rotatable bonds is 4. The maximum atomic E-state index is 13.1.